The van der Waals surface area contributed by atoms with E-state index in [1.54, 1.807) is 7.05 Å². The highest BCUT2D eigenvalue weighted by atomic mass is 19.2. The lowest BCUT2D eigenvalue weighted by molar-refractivity contribution is 0.468. The molecule has 21 heavy (non-hydrogen) atoms. The second-order valence-corrected chi connectivity index (χ2v) is 4.89. The van der Waals surface area contributed by atoms with Crippen LogP contribution in [0.1, 0.15) is 22.7 Å². The van der Waals surface area contributed by atoms with E-state index in [0.717, 1.165) is 12.1 Å². The van der Waals surface area contributed by atoms with Gasteiger partial charge < -0.3 is 5.32 Å². The van der Waals surface area contributed by atoms with E-state index in [-0.39, 0.29) is 17.5 Å². The Kier molecular flexibility index (Phi) is 4.63. The Labute approximate surface area is 120 Å². The second kappa shape index (κ2) is 6.26. The summed E-state index contributed by atoms with van der Waals surface area (Å²) >= 11 is 0. The smallest absolute Gasteiger partial charge is 0.163 e. The fourth-order valence-electron chi connectivity index (χ4n) is 2.20. The van der Waals surface area contributed by atoms with E-state index in [2.05, 4.69) is 5.32 Å². The third-order valence-corrected chi connectivity index (χ3v) is 3.45. The molecule has 2 rings (SSSR count). The maximum absolute atomic E-state index is 14.0. The lowest BCUT2D eigenvalue weighted by atomic mass is 9.97. The van der Waals surface area contributed by atoms with Crippen molar-refractivity contribution >= 4 is 0 Å². The van der Waals surface area contributed by atoms with Crippen molar-refractivity contribution in [3.63, 3.8) is 0 Å². The van der Waals surface area contributed by atoms with Gasteiger partial charge in [0.2, 0.25) is 0 Å². The number of rotatable bonds is 4. The van der Waals surface area contributed by atoms with E-state index >= 15 is 0 Å². The SMILES string of the molecule is CNC(Cc1ccc(F)c(F)c1)c1ccc(C)c(F)c1F. The zero-order valence-corrected chi connectivity index (χ0v) is 11.7. The van der Waals surface area contributed by atoms with Crippen LogP contribution in [0, 0.1) is 30.2 Å². The van der Waals surface area contributed by atoms with E-state index in [1.807, 2.05) is 0 Å². The first kappa shape index (κ1) is 15.5. The summed E-state index contributed by atoms with van der Waals surface area (Å²) in [5, 5.41) is 2.87. The normalized spacial score (nSPS) is 12.5. The third-order valence-electron chi connectivity index (χ3n) is 3.45. The lowest BCUT2D eigenvalue weighted by Gasteiger charge is -2.18. The van der Waals surface area contributed by atoms with Gasteiger partial charge in [-0.15, -0.1) is 0 Å². The zero-order valence-electron chi connectivity index (χ0n) is 11.7. The summed E-state index contributed by atoms with van der Waals surface area (Å²) in [6, 6.07) is 5.94. The molecule has 0 saturated carbocycles. The van der Waals surface area contributed by atoms with Crippen LogP contribution >= 0.6 is 0 Å². The van der Waals surface area contributed by atoms with E-state index in [1.165, 1.54) is 25.1 Å². The summed E-state index contributed by atoms with van der Waals surface area (Å²) in [7, 11) is 1.60. The molecule has 0 saturated heterocycles. The van der Waals surface area contributed by atoms with E-state index in [4.69, 9.17) is 0 Å². The van der Waals surface area contributed by atoms with Crippen LogP contribution in [0.25, 0.3) is 0 Å². The minimum absolute atomic E-state index is 0.158. The average Bonchev–Trinajstić information content (AvgIpc) is 2.47. The fraction of sp³-hybridized carbons (Fsp3) is 0.250. The summed E-state index contributed by atoms with van der Waals surface area (Å²) < 4.78 is 53.7. The topological polar surface area (TPSA) is 12.0 Å². The van der Waals surface area contributed by atoms with Crippen molar-refractivity contribution in [2.45, 2.75) is 19.4 Å². The number of likely N-dealkylation sites (N-methyl/N-ethyl adjacent to an activating group) is 1. The molecule has 1 nitrogen and oxygen atoms in total. The molecule has 1 unspecified atom stereocenters. The van der Waals surface area contributed by atoms with Crippen LogP contribution in [0.2, 0.25) is 0 Å². The van der Waals surface area contributed by atoms with Crippen molar-refractivity contribution < 1.29 is 17.6 Å². The minimum Gasteiger partial charge on any atom is -0.313 e. The second-order valence-electron chi connectivity index (χ2n) is 4.89. The Morgan fingerprint density at radius 2 is 1.67 bits per heavy atom. The third kappa shape index (κ3) is 3.24. The van der Waals surface area contributed by atoms with Crippen molar-refractivity contribution in [2.24, 2.45) is 0 Å². The Morgan fingerprint density at radius 3 is 2.29 bits per heavy atom. The van der Waals surface area contributed by atoms with Crippen LogP contribution in [0.5, 0.6) is 0 Å². The standard InChI is InChI=1S/C16H15F4N/c1-9-3-5-11(16(20)15(9)19)14(21-2)8-10-4-6-12(17)13(18)7-10/h3-7,14,21H,8H2,1-2H3. The van der Waals surface area contributed by atoms with Crippen molar-refractivity contribution in [1.29, 1.82) is 0 Å². The van der Waals surface area contributed by atoms with Crippen molar-refractivity contribution in [3.05, 3.63) is 70.3 Å². The summed E-state index contributed by atoms with van der Waals surface area (Å²) in [4.78, 5) is 0. The first-order valence-electron chi connectivity index (χ1n) is 6.49. The maximum Gasteiger partial charge on any atom is 0.163 e. The molecule has 0 aromatic heterocycles. The van der Waals surface area contributed by atoms with Crippen LogP contribution in [0.4, 0.5) is 17.6 Å². The average molecular weight is 297 g/mol. The van der Waals surface area contributed by atoms with Crippen LogP contribution < -0.4 is 5.32 Å². The van der Waals surface area contributed by atoms with Gasteiger partial charge in [-0.1, -0.05) is 18.2 Å². The quantitative estimate of drug-likeness (QED) is 0.839. The molecule has 1 atom stereocenters. The van der Waals surface area contributed by atoms with Gasteiger partial charge in [0.1, 0.15) is 0 Å². The number of nitrogens with one attached hydrogen (secondary N) is 1. The molecule has 0 spiro atoms. The first-order valence-corrected chi connectivity index (χ1v) is 6.49. The molecule has 112 valence electrons. The van der Waals surface area contributed by atoms with Gasteiger partial charge in [-0.3, -0.25) is 0 Å². The summed E-state index contributed by atoms with van der Waals surface area (Å²) in [6.45, 7) is 1.48. The molecule has 1 N–H and O–H groups in total. The highest BCUT2D eigenvalue weighted by Crippen LogP contribution is 2.25. The molecular weight excluding hydrogens is 282 g/mol. The number of aryl methyl sites for hydroxylation is 1. The molecule has 2 aromatic rings. The van der Waals surface area contributed by atoms with Gasteiger partial charge >= 0.3 is 0 Å². The maximum atomic E-state index is 14.0. The van der Waals surface area contributed by atoms with Crippen LogP contribution in [0.15, 0.2) is 30.3 Å². The molecule has 5 heteroatoms. The fourth-order valence-corrected chi connectivity index (χ4v) is 2.20. The van der Waals surface area contributed by atoms with Gasteiger partial charge in [0.15, 0.2) is 23.3 Å². The number of hydrogen-bond acceptors (Lipinski definition) is 1. The summed E-state index contributed by atoms with van der Waals surface area (Å²) in [6.07, 6.45) is 0.215. The van der Waals surface area contributed by atoms with Crippen LogP contribution in [0.3, 0.4) is 0 Å². The molecule has 0 aliphatic heterocycles. The number of benzene rings is 2. The number of halogens is 4. The Bertz CT molecular complexity index is 655. The predicted molar refractivity (Wildman–Crippen MR) is 73.0 cm³/mol. The van der Waals surface area contributed by atoms with Gasteiger partial charge in [-0.25, -0.2) is 17.6 Å². The van der Waals surface area contributed by atoms with E-state index in [9.17, 15) is 17.6 Å². The Hall–Kier alpha value is -1.88. The number of hydrogen-bond donors (Lipinski definition) is 1. The monoisotopic (exact) mass is 297 g/mol. The molecule has 0 radical (unpaired) electrons. The minimum atomic E-state index is -0.960. The van der Waals surface area contributed by atoms with E-state index < -0.39 is 29.3 Å². The molecule has 0 aliphatic rings. The van der Waals surface area contributed by atoms with Crippen molar-refractivity contribution in [3.8, 4) is 0 Å². The highest BCUT2D eigenvalue weighted by molar-refractivity contribution is 5.30. The summed E-state index contributed by atoms with van der Waals surface area (Å²) in [5.74, 6) is -3.71. The van der Waals surface area contributed by atoms with E-state index in [0.29, 0.717) is 5.56 Å². The molecule has 0 bridgehead atoms. The molecular formula is C16H15F4N. The highest BCUT2D eigenvalue weighted by Gasteiger charge is 2.19. The molecule has 0 fully saturated rings. The van der Waals surface area contributed by atoms with Crippen molar-refractivity contribution in [2.75, 3.05) is 7.05 Å². The molecule has 0 aliphatic carbocycles. The predicted octanol–water partition coefficient (Wildman–Crippen LogP) is 4.05. The van der Waals surface area contributed by atoms with Gasteiger partial charge in [-0.05, 0) is 43.7 Å². The lowest BCUT2D eigenvalue weighted by Crippen LogP contribution is -2.21. The first-order chi connectivity index (χ1) is 9.93. The largest absolute Gasteiger partial charge is 0.313 e. The Morgan fingerprint density at radius 1 is 0.952 bits per heavy atom. The molecule has 0 heterocycles. The summed E-state index contributed by atoms with van der Waals surface area (Å²) in [5.41, 5.74) is 0.873. The van der Waals surface area contributed by atoms with Crippen LogP contribution in [-0.4, -0.2) is 7.05 Å². The Balaban J connectivity index is 2.32. The van der Waals surface area contributed by atoms with Gasteiger partial charge in [0.05, 0.1) is 0 Å². The molecule has 2 aromatic carbocycles. The van der Waals surface area contributed by atoms with Crippen molar-refractivity contribution in [1.82, 2.24) is 5.32 Å². The van der Waals surface area contributed by atoms with Gasteiger partial charge in [-0.2, -0.15) is 0 Å². The van der Waals surface area contributed by atoms with Crippen LogP contribution in [-0.2, 0) is 6.42 Å². The van der Waals surface area contributed by atoms with Gasteiger partial charge in [0, 0.05) is 11.6 Å². The van der Waals surface area contributed by atoms with Gasteiger partial charge in [0.25, 0.3) is 0 Å². The zero-order chi connectivity index (χ0) is 15.6. The molecule has 0 amide bonds.